The minimum atomic E-state index is -1.39. The largest absolute Gasteiger partial charge is 0.480 e. The number of hydrogen-bond donors (Lipinski definition) is 5. The number of nitrogens with two attached hydrogens (primary N) is 1. The molecule has 0 rings (SSSR count). The average molecular weight is 302 g/mol. The minimum absolute atomic E-state index is 0.0526. The fraction of sp³-hybridized carbons (Fsp3) is 0.667. The Hall–Kier alpha value is -2.32. The van der Waals surface area contributed by atoms with Crippen LogP contribution in [0.4, 0.5) is 4.79 Å². The van der Waals surface area contributed by atoms with E-state index in [2.05, 4.69) is 16.0 Å². The zero-order valence-electron chi connectivity index (χ0n) is 12.1. The zero-order valence-corrected chi connectivity index (χ0v) is 12.1. The van der Waals surface area contributed by atoms with E-state index in [1.807, 2.05) is 13.8 Å². The van der Waals surface area contributed by atoms with Crippen LogP contribution in [-0.4, -0.2) is 47.5 Å². The van der Waals surface area contributed by atoms with Crippen LogP contribution in [0.1, 0.15) is 33.1 Å². The molecule has 0 saturated heterocycles. The van der Waals surface area contributed by atoms with Crippen LogP contribution in [0.5, 0.6) is 0 Å². The second kappa shape index (κ2) is 9.56. The van der Waals surface area contributed by atoms with Crippen LogP contribution in [0.3, 0.4) is 0 Å². The average Bonchev–Trinajstić information content (AvgIpc) is 2.36. The molecule has 0 aliphatic heterocycles. The van der Waals surface area contributed by atoms with Gasteiger partial charge in [0.2, 0.25) is 11.8 Å². The molecule has 9 heteroatoms. The smallest absolute Gasteiger partial charge is 0.326 e. The summed E-state index contributed by atoms with van der Waals surface area (Å²) in [6.07, 6.45) is 0.371. The van der Waals surface area contributed by atoms with Gasteiger partial charge in [0.1, 0.15) is 6.04 Å². The van der Waals surface area contributed by atoms with E-state index in [-0.39, 0.29) is 24.9 Å². The van der Waals surface area contributed by atoms with Crippen molar-refractivity contribution in [1.29, 1.82) is 0 Å². The van der Waals surface area contributed by atoms with Gasteiger partial charge in [-0.1, -0.05) is 6.92 Å². The molecule has 0 bridgehead atoms. The molecule has 2 unspecified atom stereocenters. The first-order valence-corrected chi connectivity index (χ1v) is 6.61. The van der Waals surface area contributed by atoms with Gasteiger partial charge in [0.15, 0.2) is 0 Å². The normalized spacial score (nSPS) is 12.9. The fourth-order valence-electron chi connectivity index (χ4n) is 1.35. The van der Waals surface area contributed by atoms with Gasteiger partial charge in [0.05, 0.1) is 6.42 Å². The molecule has 6 N–H and O–H groups in total. The number of aliphatic carboxylic acids is 1. The standard InChI is InChI=1S/C12H22N4O5/c1-3-7(2)15-10(18)4-5-14-12(21)16-8(11(19)20)6-9(13)17/h7-8H,3-6H2,1-2H3,(H2,13,17)(H,15,18)(H,19,20)(H2,14,16,21). The number of primary amides is 1. The summed E-state index contributed by atoms with van der Waals surface area (Å²) in [5, 5.41) is 15.9. The Bertz CT molecular complexity index is 399. The number of nitrogens with one attached hydrogen (secondary N) is 3. The molecule has 0 heterocycles. The first-order valence-electron chi connectivity index (χ1n) is 6.61. The van der Waals surface area contributed by atoms with Crippen LogP contribution < -0.4 is 21.7 Å². The third-order valence-corrected chi connectivity index (χ3v) is 2.67. The van der Waals surface area contributed by atoms with Crippen LogP contribution in [-0.2, 0) is 14.4 Å². The number of carbonyl (C=O) groups is 4. The molecule has 0 aliphatic carbocycles. The Morgan fingerprint density at radius 1 is 1.19 bits per heavy atom. The van der Waals surface area contributed by atoms with Crippen LogP contribution in [0.15, 0.2) is 0 Å². The molecule has 9 nitrogen and oxygen atoms in total. The summed E-state index contributed by atoms with van der Waals surface area (Å²) in [4.78, 5) is 44.3. The highest BCUT2D eigenvalue weighted by Crippen LogP contribution is 1.92. The number of carboxylic acid groups (broad SMARTS) is 1. The fourth-order valence-corrected chi connectivity index (χ4v) is 1.35. The number of carboxylic acids is 1. The van der Waals surface area contributed by atoms with Crippen molar-refractivity contribution >= 4 is 23.8 Å². The lowest BCUT2D eigenvalue weighted by atomic mass is 10.2. The molecule has 4 amide bonds. The predicted molar refractivity (Wildman–Crippen MR) is 74.3 cm³/mol. The van der Waals surface area contributed by atoms with Crippen molar-refractivity contribution in [1.82, 2.24) is 16.0 Å². The van der Waals surface area contributed by atoms with Crippen molar-refractivity contribution < 1.29 is 24.3 Å². The highest BCUT2D eigenvalue weighted by molar-refractivity contribution is 5.87. The van der Waals surface area contributed by atoms with Gasteiger partial charge in [0, 0.05) is 19.0 Å². The van der Waals surface area contributed by atoms with E-state index in [4.69, 9.17) is 10.8 Å². The third-order valence-electron chi connectivity index (χ3n) is 2.67. The number of rotatable bonds is 9. The highest BCUT2D eigenvalue weighted by Gasteiger charge is 2.21. The minimum Gasteiger partial charge on any atom is -0.480 e. The molecular weight excluding hydrogens is 280 g/mol. The molecule has 0 radical (unpaired) electrons. The number of urea groups is 1. The molecule has 0 fully saturated rings. The zero-order chi connectivity index (χ0) is 16.4. The van der Waals surface area contributed by atoms with Crippen molar-refractivity contribution in [2.24, 2.45) is 5.73 Å². The van der Waals surface area contributed by atoms with E-state index in [0.29, 0.717) is 0 Å². The van der Waals surface area contributed by atoms with Gasteiger partial charge in [0.25, 0.3) is 0 Å². The molecule has 120 valence electrons. The summed E-state index contributed by atoms with van der Waals surface area (Å²) in [6.45, 7) is 3.84. The first-order chi connectivity index (χ1) is 9.76. The monoisotopic (exact) mass is 302 g/mol. The van der Waals surface area contributed by atoms with Crippen molar-refractivity contribution in [3.63, 3.8) is 0 Å². The maximum absolute atomic E-state index is 11.4. The van der Waals surface area contributed by atoms with Crippen LogP contribution in [0.25, 0.3) is 0 Å². The Morgan fingerprint density at radius 2 is 1.81 bits per heavy atom. The van der Waals surface area contributed by atoms with Gasteiger partial charge >= 0.3 is 12.0 Å². The Balaban J connectivity index is 4.05. The summed E-state index contributed by atoms with van der Waals surface area (Å²) < 4.78 is 0. The van der Waals surface area contributed by atoms with Gasteiger partial charge in [-0.25, -0.2) is 9.59 Å². The van der Waals surface area contributed by atoms with Gasteiger partial charge in [-0.2, -0.15) is 0 Å². The maximum atomic E-state index is 11.4. The molecular formula is C12H22N4O5. The Labute approximate surface area is 122 Å². The van der Waals surface area contributed by atoms with E-state index in [1.165, 1.54) is 0 Å². The van der Waals surface area contributed by atoms with Crippen LogP contribution in [0.2, 0.25) is 0 Å². The van der Waals surface area contributed by atoms with Gasteiger partial charge in [-0.15, -0.1) is 0 Å². The second-order valence-electron chi connectivity index (χ2n) is 4.59. The lowest BCUT2D eigenvalue weighted by molar-refractivity contribution is -0.140. The van der Waals surface area contributed by atoms with E-state index >= 15 is 0 Å². The molecule has 0 aromatic carbocycles. The van der Waals surface area contributed by atoms with Gasteiger partial charge in [-0.05, 0) is 13.3 Å². The van der Waals surface area contributed by atoms with E-state index in [9.17, 15) is 19.2 Å². The quantitative estimate of drug-likeness (QED) is 0.367. The Kier molecular flexibility index (Phi) is 8.51. The lowest BCUT2D eigenvalue weighted by Crippen LogP contribution is -2.48. The van der Waals surface area contributed by atoms with E-state index in [0.717, 1.165) is 6.42 Å². The number of amides is 4. The van der Waals surface area contributed by atoms with Crippen molar-refractivity contribution in [2.45, 2.75) is 45.2 Å². The molecule has 0 spiro atoms. The topological polar surface area (TPSA) is 151 Å². The van der Waals surface area contributed by atoms with Crippen molar-refractivity contribution in [2.75, 3.05) is 6.54 Å². The second-order valence-corrected chi connectivity index (χ2v) is 4.59. The first kappa shape index (κ1) is 18.7. The Morgan fingerprint density at radius 3 is 2.29 bits per heavy atom. The lowest BCUT2D eigenvalue weighted by Gasteiger charge is -2.14. The molecule has 21 heavy (non-hydrogen) atoms. The summed E-state index contributed by atoms with van der Waals surface area (Å²) in [5.74, 6) is -2.41. The molecule has 0 aromatic rings. The van der Waals surface area contributed by atoms with Gasteiger partial charge in [-0.3, -0.25) is 9.59 Å². The van der Waals surface area contributed by atoms with Crippen molar-refractivity contribution in [3.05, 3.63) is 0 Å². The van der Waals surface area contributed by atoms with Gasteiger partial charge < -0.3 is 26.8 Å². The summed E-state index contributed by atoms with van der Waals surface area (Å²) in [5.41, 5.74) is 4.88. The van der Waals surface area contributed by atoms with Crippen molar-refractivity contribution in [3.8, 4) is 0 Å². The SMILES string of the molecule is CCC(C)NC(=O)CCNC(=O)NC(CC(N)=O)C(=O)O. The number of carbonyl (C=O) groups excluding carboxylic acids is 3. The molecule has 2 atom stereocenters. The predicted octanol–water partition coefficient (Wildman–Crippen LogP) is -1.08. The molecule has 0 saturated carbocycles. The molecule has 0 aliphatic rings. The summed E-state index contributed by atoms with van der Waals surface area (Å²) in [6, 6.07) is -2.12. The third kappa shape index (κ3) is 9.25. The van der Waals surface area contributed by atoms with Crippen LogP contribution >= 0.6 is 0 Å². The number of hydrogen-bond acceptors (Lipinski definition) is 4. The molecule has 0 aromatic heterocycles. The van der Waals surface area contributed by atoms with E-state index in [1.54, 1.807) is 0 Å². The maximum Gasteiger partial charge on any atom is 0.326 e. The highest BCUT2D eigenvalue weighted by atomic mass is 16.4. The summed E-state index contributed by atoms with van der Waals surface area (Å²) >= 11 is 0. The van der Waals surface area contributed by atoms with E-state index < -0.39 is 30.4 Å². The summed E-state index contributed by atoms with van der Waals surface area (Å²) in [7, 11) is 0. The van der Waals surface area contributed by atoms with Crippen LogP contribution in [0, 0.1) is 0 Å².